The van der Waals surface area contributed by atoms with Gasteiger partial charge in [-0.25, -0.2) is 0 Å². The minimum Gasteiger partial charge on any atom is -0.468 e. The highest BCUT2D eigenvalue weighted by molar-refractivity contribution is 5.75. The molecule has 0 fully saturated rings. The van der Waals surface area contributed by atoms with Crippen LogP contribution in [0, 0.1) is 6.92 Å². The van der Waals surface area contributed by atoms with Crippen molar-refractivity contribution in [2.45, 2.75) is 26.3 Å². The van der Waals surface area contributed by atoms with E-state index in [0.717, 1.165) is 18.8 Å². The molecule has 4 nitrogen and oxygen atoms in total. The topological polar surface area (TPSA) is 55.6 Å². The number of hydrogen-bond acceptors (Lipinski definition) is 4. The van der Waals surface area contributed by atoms with Gasteiger partial charge in [-0.05, 0) is 38.0 Å². The Labute approximate surface area is 109 Å². The number of carbonyl (C=O) groups is 1. The number of methoxy groups -OCH3 is 1. The molecule has 18 heavy (non-hydrogen) atoms. The molecule has 2 N–H and O–H groups in total. The van der Waals surface area contributed by atoms with Crippen LogP contribution in [-0.2, 0) is 9.53 Å². The second-order valence-corrected chi connectivity index (χ2v) is 4.34. The van der Waals surface area contributed by atoms with E-state index < -0.39 is 6.04 Å². The van der Waals surface area contributed by atoms with E-state index in [1.54, 1.807) is 0 Å². The van der Waals surface area contributed by atoms with Gasteiger partial charge in [-0.2, -0.15) is 0 Å². The number of nitrogens with zero attached hydrogens (tertiary/aromatic N) is 1. The van der Waals surface area contributed by atoms with E-state index in [4.69, 9.17) is 5.73 Å². The van der Waals surface area contributed by atoms with Crippen molar-refractivity contribution in [3.8, 4) is 0 Å². The fraction of sp³-hybridized carbons (Fsp3) is 0.500. The van der Waals surface area contributed by atoms with Crippen molar-refractivity contribution in [3.05, 3.63) is 29.8 Å². The molecule has 1 atom stereocenters. The second-order valence-electron chi connectivity index (χ2n) is 4.34. The third kappa shape index (κ3) is 4.04. The fourth-order valence-corrected chi connectivity index (χ4v) is 1.86. The Bertz CT molecular complexity index is 393. The highest BCUT2D eigenvalue weighted by Gasteiger charge is 2.15. The smallest absolute Gasteiger partial charge is 0.322 e. The molecule has 1 unspecified atom stereocenters. The van der Waals surface area contributed by atoms with E-state index >= 15 is 0 Å². The molecule has 0 aliphatic heterocycles. The highest BCUT2D eigenvalue weighted by Crippen LogP contribution is 2.16. The number of benzene rings is 1. The predicted molar refractivity (Wildman–Crippen MR) is 73.7 cm³/mol. The first-order valence-electron chi connectivity index (χ1n) is 6.23. The molecule has 4 heteroatoms. The molecule has 0 saturated carbocycles. The Hall–Kier alpha value is -1.55. The third-order valence-corrected chi connectivity index (χ3v) is 2.96. The summed E-state index contributed by atoms with van der Waals surface area (Å²) >= 11 is 0. The average molecular weight is 250 g/mol. The number of anilines is 1. The molecule has 0 amide bonds. The molecule has 1 rings (SSSR count). The molecule has 1 aromatic rings. The number of esters is 1. The SMILES string of the molecule is CCN(CCC(N)C(=O)OC)c1cccc(C)c1. The van der Waals surface area contributed by atoms with Crippen molar-refractivity contribution >= 4 is 11.7 Å². The number of nitrogens with two attached hydrogens (primary N) is 1. The molecule has 0 heterocycles. The average Bonchev–Trinajstić information content (AvgIpc) is 2.38. The van der Waals surface area contributed by atoms with Crippen molar-refractivity contribution in [2.24, 2.45) is 5.73 Å². The lowest BCUT2D eigenvalue weighted by atomic mass is 10.1. The zero-order chi connectivity index (χ0) is 13.5. The third-order valence-electron chi connectivity index (χ3n) is 2.96. The van der Waals surface area contributed by atoms with Crippen LogP contribution in [0.5, 0.6) is 0 Å². The van der Waals surface area contributed by atoms with E-state index in [2.05, 4.69) is 41.7 Å². The molecular formula is C14H22N2O2. The predicted octanol–water partition coefficient (Wildman–Crippen LogP) is 1.71. The quantitative estimate of drug-likeness (QED) is 0.781. The summed E-state index contributed by atoms with van der Waals surface area (Å²) in [4.78, 5) is 13.4. The molecule has 0 spiro atoms. The molecule has 0 aliphatic carbocycles. The number of aryl methyl sites for hydroxylation is 1. The Morgan fingerprint density at radius 1 is 1.50 bits per heavy atom. The number of rotatable bonds is 6. The van der Waals surface area contributed by atoms with Gasteiger partial charge in [-0.3, -0.25) is 4.79 Å². The summed E-state index contributed by atoms with van der Waals surface area (Å²) in [6.07, 6.45) is 0.592. The Balaban J connectivity index is 2.60. The second kappa shape index (κ2) is 7.01. The van der Waals surface area contributed by atoms with E-state index in [9.17, 15) is 4.79 Å². The van der Waals surface area contributed by atoms with Crippen LogP contribution in [0.1, 0.15) is 18.9 Å². The zero-order valence-corrected chi connectivity index (χ0v) is 11.3. The van der Waals surface area contributed by atoms with Crippen LogP contribution >= 0.6 is 0 Å². The summed E-state index contributed by atoms with van der Waals surface area (Å²) in [5.74, 6) is -0.352. The van der Waals surface area contributed by atoms with Gasteiger partial charge in [0.05, 0.1) is 7.11 Å². The lowest BCUT2D eigenvalue weighted by Crippen LogP contribution is -2.36. The minimum absolute atomic E-state index is 0.352. The van der Waals surface area contributed by atoms with Gasteiger partial charge in [0.2, 0.25) is 0 Å². The van der Waals surface area contributed by atoms with E-state index in [1.165, 1.54) is 12.7 Å². The van der Waals surface area contributed by atoms with Crippen LogP contribution in [0.2, 0.25) is 0 Å². The Morgan fingerprint density at radius 3 is 2.78 bits per heavy atom. The lowest BCUT2D eigenvalue weighted by Gasteiger charge is -2.24. The summed E-state index contributed by atoms with van der Waals surface area (Å²) in [5, 5.41) is 0. The Morgan fingerprint density at radius 2 is 2.22 bits per heavy atom. The maximum atomic E-state index is 11.2. The maximum absolute atomic E-state index is 11.2. The summed E-state index contributed by atoms with van der Waals surface area (Å²) < 4.78 is 4.62. The van der Waals surface area contributed by atoms with Gasteiger partial charge < -0.3 is 15.4 Å². The van der Waals surface area contributed by atoms with Crippen LogP contribution in [0.25, 0.3) is 0 Å². The molecule has 100 valence electrons. The summed E-state index contributed by atoms with van der Waals surface area (Å²) in [6, 6.07) is 7.76. The standard InChI is InChI=1S/C14H22N2O2/c1-4-16(9-8-13(15)14(17)18-3)12-7-5-6-11(2)10-12/h5-7,10,13H,4,8-9,15H2,1-3H3. The van der Waals surface area contributed by atoms with Crippen LogP contribution in [0.15, 0.2) is 24.3 Å². The van der Waals surface area contributed by atoms with Crippen LogP contribution < -0.4 is 10.6 Å². The van der Waals surface area contributed by atoms with E-state index in [0.29, 0.717) is 6.42 Å². The first-order chi connectivity index (χ1) is 8.58. The molecule has 0 radical (unpaired) electrons. The molecule has 0 bridgehead atoms. The van der Waals surface area contributed by atoms with Gasteiger partial charge in [0.25, 0.3) is 0 Å². The van der Waals surface area contributed by atoms with Gasteiger partial charge in [-0.15, -0.1) is 0 Å². The Kier molecular flexibility index (Phi) is 5.65. The molecule has 0 aliphatic rings. The maximum Gasteiger partial charge on any atom is 0.322 e. The zero-order valence-electron chi connectivity index (χ0n) is 11.3. The van der Waals surface area contributed by atoms with Gasteiger partial charge >= 0.3 is 5.97 Å². The van der Waals surface area contributed by atoms with E-state index in [-0.39, 0.29) is 5.97 Å². The first-order valence-corrected chi connectivity index (χ1v) is 6.23. The summed E-state index contributed by atoms with van der Waals surface area (Å²) in [5.41, 5.74) is 8.12. The van der Waals surface area contributed by atoms with Gasteiger partial charge in [0.15, 0.2) is 0 Å². The summed E-state index contributed by atoms with van der Waals surface area (Å²) in [7, 11) is 1.36. The number of ether oxygens (including phenoxy) is 1. The molecule has 1 aromatic carbocycles. The van der Waals surface area contributed by atoms with Crippen molar-refractivity contribution in [3.63, 3.8) is 0 Å². The van der Waals surface area contributed by atoms with Crippen LogP contribution in [-0.4, -0.2) is 32.2 Å². The first kappa shape index (κ1) is 14.5. The van der Waals surface area contributed by atoms with E-state index in [1.807, 2.05) is 6.07 Å². The molecule has 0 saturated heterocycles. The van der Waals surface area contributed by atoms with Crippen LogP contribution in [0.4, 0.5) is 5.69 Å². The lowest BCUT2D eigenvalue weighted by molar-refractivity contribution is -0.142. The van der Waals surface area contributed by atoms with Gasteiger partial charge in [-0.1, -0.05) is 12.1 Å². The minimum atomic E-state index is -0.547. The van der Waals surface area contributed by atoms with Crippen molar-refractivity contribution in [2.75, 3.05) is 25.1 Å². The monoisotopic (exact) mass is 250 g/mol. The fourth-order valence-electron chi connectivity index (χ4n) is 1.86. The van der Waals surface area contributed by atoms with Crippen molar-refractivity contribution < 1.29 is 9.53 Å². The van der Waals surface area contributed by atoms with Gasteiger partial charge in [0.1, 0.15) is 6.04 Å². The molecular weight excluding hydrogens is 228 g/mol. The largest absolute Gasteiger partial charge is 0.468 e. The number of hydrogen-bond donors (Lipinski definition) is 1. The summed E-state index contributed by atoms with van der Waals surface area (Å²) in [6.45, 7) is 5.79. The highest BCUT2D eigenvalue weighted by atomic mass is 16.5. The van der Waals surface area contributed by atoms with Gasteiger partial charge in [0, 0.05) is 18.8 Å². The molecule has 0 aromatic heterocycles. The van der Waals surface area contributed by atoms with Crippen molar-refractivity contribution in [1.29, 1.82) is 0 Å². The normalized spacial score (nSPS) is 12.0. The van der Waals surface area contributed by atoms with Crippen LogP contribution in [0.3, 0.4) is 0 Å². The van der Waals surface area contributed by atoms with Crippen molar-refractivity contribution in [1.82, 2.24) is 0 Å². The number of carbonyl (C=O) groups excluding carboxylic acids is 1.